The number of benzene rings is 1. The van der Waals surface area contributed by atoms with E-state index in [9.17, 15) is 9.59 Å². The highest BCUT2D eigenvalue weighted by atomic mass is 16.2. The minimum atomic E-state index is -0.0965. The Labute approximate surface area is 136 Å². The smallest absolute Gasteiger partial charge is 0.321 e. The Balaban J connectivity index is 1.71. The second-order valence-corrected chi connectivity index (χ2v) is 6.34. The van der Waals surface area contributed by atoms with Gasteiger partial charge in [-0.2, -0.15) is 0 Å². The normalized spacial score (nSPS) is 24.9. The maximum absolute atomic E-state index is 12.5. The zero-order valence-corrected chi connectivity index (χ0v) is 13.5. The van der Waals surface area contributed by atoms with E-state index in [1.165, 1.54) is 0 Å². The van der Waals surface area contributed by atoms with E-state index in [0.29, 0.717) is 24.6 Å². The van der Waals surface area contributed by atoms with Gasteiger partial charge in [0, 0.05) is 30.4 Å². The van der Waals surface area contributed by atoms with Gasteiger partial charge in [-0.25, -0.2) is 4.79 Å². The van der Waals surface area contributed by atoms with E-state index in [0.717, 1.165) is 31.6 Å². The number of urea groups is 1. The average molecular weight is 316 g/mol. The standard InChI is InChI=1S/C17H24N4O2/c1-12-11-18-8-6-15(12)20-16(22)13-4-2-5-14(10-13)21-9-3-7-19-17(21)23/h2,4-5,10,12,15,18H,3,6-9,11H2,1H3,(H,19,23)(H,20,22). The molecule has 2 aliphatic rings. The van der Waals surface area contributed by atoms with Crippen molar-refractivity contribution in [3.63, 3.8) is 0 Å². The second-order valence-electron chi connectivity index (χ2n) is 6.34. The number of amides is 3. The van der Waals surface area contributed by atoms with Crippen LogP contribution in [0.3, 0.4) is 0 Å². The number of rotatable bonds is 3. The van der Waals surface area contributed by atoms with Gasteiger partial charge in [-0.15, -0.1) is 0 Å². The molecular formula is C17H24N4O2. The van der Waals surface area contributed by atoms with Crippen molar-refractivity contribution in [2.45, 2.75) is 25.8 Å². The minimum absolute atomic E-state index is 0.0667. The van der Waals surface area contributed by atoms with E-state index in [4.69, 9.17) is 0 Å². The van der Waals surface area contributed by atoms with Crippen molar-refractivity contribution in [3.8, 4) is 0 Å². The van der Waals surface area contributed by atoms with Crippen LogP contribution in [0, 0.1) is 5.92 Å². The zero-order valence-electron chi connectivity index (χ0n) is 13.5. The number of hydrogen-bond acceptors (Lipinski definition) is 3. The predicted molar refractivity (Wildman–Crippen MR) is 89.7 cm³/mol. The van der Waals surface area contributed by atoms with Gasteiger partial charge in [0.25, 0.3) is 5.91 Å². The molecule has 2 saturated heterocycles. The molecule has 6 heteroatoms. The Morgan fingerprint density at radius 2 is 2.22 bits per heavy atom. The van der Waals surface area contributed by atoms with Crippen molar-refractivity contribution in [1.82, 2.24) is 16.0 Å². The van der Waals surface area contributed by atoms with Crippen LogP contribution in [0.15, 0.2) is 24.3 Å². The molecule has 2 fully saturated rings. The lowest BCUT2D eigenvalue weighted by Gasteiger charge is -2.30. The Hall–Kier alpha value is -2.08. The average Bonchev–Trinajstić information content (AvgIpc) is 2.57. The topological polar surface area (TPSA) is 73.5 Å². The molecular weight excluding hydrogens is 292 g/mol. The van der Waals surface area contributed by atoms with Crippen LogP contribution in [0.5, 0.6) is 0 Å². The first-order valence-corrected chi connectivity index (χ1v) is 8.32. The summed E-state index contributed by atoms with van der Waals surface area (Å²) in [7, 11) is 0. The second kappa shape index (κ2) is 7.00. The van der Waals surface area contributed by atoms with Crippen LogP contribution in [0.4, 0.5) is 10.5 Å². The molecule has 3 amide bonds. The van der Waals surface area contributed by atoms with Crippen molar-refractivity contribution < 1.29 is 9.59 Å². The number of nitrogens with one attached hydrogen (secondary N) is 3. The molecule has 3 rings (SSSR count). The van der Waals surface area contributed by atoms with Crippen LogP contribution in [0.1, 0.15) is 30.1 Å². The van der Waals surface area contributed by atoms with Crippen molar-refractivity contribution in [2.24, 2.45) is 5.92 Å². The van der Waals surface area contributed by atoms with E-state index in [2.05, 4.69) is 22.9 Å². The fourth-order valence-electron chi connectivity index (χ4n) is 3.17. The van der Waals surface area contributed by atoms with Gasteiger partial charge in [0.05, 0.1) is 0 Å². The van der Waals surface area contributed by atoms with Crippen molar-refractivity contribution >= 4 is 17.6 Å². The van der Waals surface area contributed by atoms with Crippen molar-refractivity contribution in [2.75, 3.05) is 31.1 Å². The summed E-state index contributed by atoms with van der Waals surface area (Å²) in [5, 5.41) is 9.29. The van der Waals surface area contributed by atoms with Gasteiger partial charge in [0.15, 0.2) is 0 Å². The number of carbonyl (C=O) groups excluding carboxylic acids is 2. The summed E-state index contributed by atoms with van der Waals surface area (Å²) in [6.07, 6.45) is 1.86. The zero-order chi connectivity index (χ0) is 16.2. The van der Waals surface area contributed by atoms with E-state index in [1.807, 2.05) is 12.1 Å². The molecule has 2 atom stereocenters. The van der Waals surface area contributed by atoms with Crippen LogP contribution >= 0.6 is 0 Å². The largest absolute Gasteiger partial charge is 0.349 e. The van der Waals surface area contributed by atoms with Gasteiger partial charge >= 0.3 is 6.03 Å². The van der Waals surface area contributed by atoms with Crippen LogP contribution < -0.4 is 20.9 Å². The lowest BCUT2D eigenvalue weighted by atomic mass is 9.95. The fraction of sp³-hybridized carbons (Fsp3) is 0.529. The van der Waals surface area contributed by atoms with Gasteiger partial charge in [-0.05, 0) is 50.0 Å². The maximum Gasteiger partial charge on any atom is 0.321 e. The summed E-state index contributed by atoms with van der Waals surface area (Å²) in [6, 6.07) is 7.40. The molecule has 2 aliphatic heterocycles. The molecule has 1 aromatic rings. The third-order valence-electron chi connectivity index (χ3n) is 4.60. The Morgan fingerprint density at radius 1 is 1.35 bits per heavy atom. The number of carbonyl (C=O) groups is 2. The first-order valence-electron chi connectivity index (χ1n) is 8.32. The highest BCUT2D eigenvalue weighted by Gasteiger charge is 2.24. The molecule has 0 aliphatic carbocycles. The Morgan fingerprint density at radius 3 is 3.00 bits per heavy atom. The number of nitrogens with zero attached hydrogens (tertiary/aromatic N) is 1. The highest BCUT2D eigenvalue weighted by molar-refractivity contribution is 5.98. The van der Waals surface area contributed by atoms with E-state index in [1.54, 1.807) is 17.0 Å². The maximum atomic E-state index is 12.5. The van der Waals surface area contributed by atoms with Crippen molar-refractivity contribution in [3.05, 3.63) is 29.8 Å². The number of hydrogen-bond donors (Lipinski definition) is 3. The fourth-order valence-corrected chi connectivity index (χ4v) is 3.17. The molecule has 2 unspecified atom stereocenters. The molecule has 0 bridgehead atoms. The van der Waals surface area contributed by atoms with Crippen LogP contribution in [0.25, 0.3) is 0 Å². The number of piperidine rings is 1. The Bertz CT molecular complexity index is 590. The minimum Gasteiger partial charge on any atom is -0.349 e. The molecule has 0 spiro atoms. The van der Waals surface area contributed by atoms with E-state index in [-0.39, 0.29) is 18.0 Å². The molecule has 0 aromatic heterocycles. The molecule has 0 saturated carbocycles. The summed E-state index contributed by atoms with van der Waals surface area (Å²) in [5.41, 5.74) is 1.37. The third kappa shape index (κ3) is 3.64. The van der Waals surface area contributed by atoms with Crippen molar-refractivity contribution in [1.29, 1.82) is 0 Å². The van der Waals surface area contributed by atoms with Crippen LogP contribution in [-0.2, 0) is 0 Å². The molecule has 2 heterocycles. The van der Waals surface area contributed by atoms with Gasteiger partial charge in [0.2, 0.25) is 0 Å². The quantitative estimate of drug-likeness (QED) is 0.788. The molecule has 124 valence electrons. The van der Waals surface area contributed by atoms with Crippen LogP contribution in [-0.4, -0.2) is 44.2 Å². The van der Waals surface area contributed by atoms with E-state index < -0.39 is 0 Å². The van der Waals surface area contributed by atoms with Gasteiger partial charge in [-0.1, -0.05) is 13.0 Å². The Kier molecular flexibility index (Phi) is 4.81. The van der Waals surface area contributed by atoms with Gasteiger partial charge in [0.1, 0.15) is 0 Å². The summed E-state index contributed by atoms with van der Waals surface area (Å²) in [4.78, 5) is 26.2. The predicted octanol–water partition coefficient (Wildman–Crippen LogP) is 1.33. The van der Waals surface area contributed by atoms with E-state index >= 15 is 0 Å². The van der Waals surface area contributed by atoms with Gasteiger partial charge < -0.3 is 16.0 Å². The number of anilines is 1. The molecule has 23 heavy (non-hydrogen) atoms. The summed E-state index contributed by atoms with van der Waals surface area (Å²) in [5.74, 6) is 0.353. The van der Waals surface area contributed by atoms with Crippen LogP contribution in [0.2, 0.25) is 0 Å². The lowest BCUT2D eigenvalue weighted by molar-refractivity contribution is 0.0914. The molecule has 1 aromatic carbocycles. The molecule has 3 N–H and O–H groups in total. The first kappa shape index (κ1) is 15.8. The first-order chi connectivity index (χ1) is 11.1. The highest BCUT2D eigenvalue weighted by Crippen LogP contribution is 2.19. The summed E-state index contributed by atoms with van der Waals surface area (Å²) >= 11 is 0. The molecule has 6 nitrogen and oxygen atoms in total. The lowest BCUT2D eigenvalue weighted by Crippen LogP contribution is -2.48. The summed E-state index contributed by atoms with van der Waals surface area (Å²) in [6.45, 7) is 5.40. The third-order valence-corrected chi connectivity index (χ3v) is 4.60. The SMILES string of the molecule is CC1CNCCC1NC(=O)c1cccc(N2CCCNC2=O)c1. The van der Waals surface area contributed by atoms with Gasteiger partial charge in [-0.3, -0.25) is 9.69 Å². The monoisotopic (exact) mass is 316 g/mol. The molecule has 0 radical (unpaired) electrons. The summed E-state index contributed by atoms with van der Waals surface area (Å²) < 4.78 is 0.